The number of anilines is 2. The lowest BCUT2D eigenvalue weighted by Gasteiger charge is -2.38. The number of benzene rings is 3. The van der Waals surface area contributed by atoms with E-state index < -0.39 is 0 Å². The number of rotatable bonds is 4. The Morgan fingerprint density at radius 1 is 1.03 bits per heavy atom. The Hall–Kier alpha value is -3.60. The summed E-state index contributed by atoms with van der Waals surface area (Å²) in [6, 6.07) is 20.7. The fraction of sp³-hybridized carbons (Fsp3) is 0.333. The van der Waals surface area contributed by atoms with Gasteiger partial charge in [0.15, 0.2) is 0 Å². The third-order valence-electron chi connectivity index (χ3n) is 7.56. The summed E-state index contributed by atoms with van der Waals surface area (Å²) in [5.74, 6) is -0.147. The van der Waals surface area contributed by atoms with E-state index in [-0.39, 0.29) is 11.3 Å². The molecule has 0 bridgehead atoms. The third kappa shape index (κ3) is 3.99. The van der Waals surface area contributed by atoms with Crippen molar-refractivity contribution in [1.82, 2.24) is 5.43 Å². The van der Waals surface area contributed by atoms with Gasteiger partial charge in [-0.15, -0.1) is 10.5 Å². The zero-order chi connectivity index (χ0) is 24.7. The van der Waals surface area contributed by atoms with Crippen molar-refractivity contribution in [3.05, 3.63) is 94.0 Å². The molecular weight excluding hydrogens is 432 g/mol. The molecule has 2 aliphatic rings. The highest BCUT2D eigenvalue weighted by Gasteiger charge is 2.40. The number of carbonyl (C=O) groups excluding carboxylic acids is 1. The Labute approximate surface area is 208 Å². The second kappa shape index (κ2) is 8.88. The molecule has 5 nitrogen and oxygen atoms in total. The molecule has 0 atom stereocenters. The Bertz CT molecular complexity index is 1310. The quantitative estimate of drug-likeness (QED) is 0.578. The van der Waals surface area contributed by atoms with Gasteiger partial charge >= 0.3 is 5.91 Å². The van der Waals surface area contributed by atoms with Gasteiger partial charge in [-0.2, -0.15) is 0 Å². The molecule has 0 aromatic heterocycles. The Balaban J connectivity index is 1.69. The molecule has 1 heterocycles. The van der Waals surface area contributed by atoms with E-state index >= 15 is 0 Å². The lowest BCUT2D eigenvalue weighted by molar-refractivity contribution is -0.507. The Morgan fingerprint density at radius 3 is 2.49 bits per heavy atom. The van der Waals surface area contributed by atoms with Crippen LogP contribution in [0, 0.1) is 0 Å². The van der Waals surface area contributed by atoms with Gasteiger partial charge in [0.25, 0.3) is 0 Å². The first-order valence-electron chi connectivity index (χ1n) is 12.5. The van der Waals surface area contributed by atoms with Gasteiger partial charge in [0.1, 0.15) is 0 Å². The lowest BCUT2D eigenvalue weighted by atomic mass is 9.67. The minimum Gasteiger partial charge on any atom is -0.378 e. The van der Waals surface area contributed by atoms with Crippen LogP contribution in [0.5, 0.6) is 0 Å². The molecule has 0 saturated carbocycles. The average molecular weight is 468 g/mol. The van der Waals surface area contributed by atoms with Crippen molar-refractivity contribution in [2.75, 3.05) is 37.0 Å². The fourth-order valence-corrected chi connectivity index (χ4v) is 5.51. The third-order valence-corrected chi connectivity index (χ3v) is 7.56. The number of hydrazone groups is 1. The fourth-order valence-electron chi connectivity index (χ4n) is 5.51. The average Bonchev–Trinajstić information content (AvgIpc) is 2.87. The molecule has 5 rings (SSSR count). The van der Waals surface area contributed by atoms with Gasteiger partial charge in [-0.1, -0.05) is 32.0 Å². The van der Waals surface area contributed by atoms with E-state index in [9.17, 15) is 4.79 Å². The number of fused-ring (bicyclic) bond motifs is 3. The minimum atomic E-state index is -0.183. The second-order valence-electron chi connectivity index (χ2n) is 10.3. The summed E-state index contributed by atoms with van der Waals surface area (Å²) in [6.45, 7) is 8.97. The molecule has 3 aromatic rings. The number of hydrogen-bond donors (Lipinski definition) is 2. The van der Waals surface area contributed by atoms with Crippen LogP contribution in [0.3, 0.4) is 0 Å². The van der Waals surface area contributed by atoms with Gasteiger partial charge in [0.05, 0.1) is 11.1 Å². The molecule has 0 saturated heterocycles. The first-order chi connectivity index (χ1) is 16.8. The van der Waals surface area contributed by atoms with Crippen molar-refractivity contribution in [2.24, 2.45) is 0 Å². The zero-order valence-corrected chi connectivity index (χ0v) is 21.4. The summed E-state index contributed by atoms with van der Waals surface area (Å²) < 4.78 is 0. The molecular formula is C30H35N4O+. The zero-order valence-electron chi connectivity index (χ0n) is 21.4. The minimum absolute atomic E-state index is 0.147. The maximum atomic E-state index is 12.9. The topological polar surface area (TPSA) is 49.6 Å². The van der Waals surface area contributed by atoms with E-state index in [0.717, 1.165) is 30.8 Å². The lowest BCUT2D eigenvalue weighted by Crippen LogP contribution is -2.85. The molecule has 0 unspecified atom stereocenters. The van der Waals surface area contributed by atoms with E-state index in [0.29, 0.717) is 5.56 Å². The van der Waals surface area contributed by atoms with Crippen LogP contribution in [0.15, 0.2) is 60.7 Å². The van der Waals surface area contributed by atoms with Crippen LogP contribution < -0.4 is 20.3 Å². The maximum Gasteiger partial charge on any atom is 0.304 e. The summed E-state index contributed by atoms with van der Waals surface area (Å²) in [4.78, 5) is 17.5. The van der Waals surface area contributed by atoms with Gasteiger partial charge in [0.2, 0.25) is 5.71 Å². The van der Waals surface area contributed by atoms with Crippen molar-refractivity contribution in [1.29, 1.82) is 0 Å². The highest BCUT2D eigenvalue weighted by Crippen LogP contribution is 2.45. The summed E-state index contributed by atoms with van der Waals surface area (Å²) in [5.41, 5.74) is 13.1. The molecule has 0 fully saturated rings. The number of hydrogen-bond acceptors (Lipinski definition) is 3. The van der Waals surface area contributed by atoms with E-state index in [4.69, 9.17) is 0 Å². The van der Waals surface area contributed by atoms with Crippen molar-refractivity contribution in [3.63, 3.8) is 0 Å². The van der Waals surface area contributed by atoms with E-state index in [2.05, 4.69) is 85.5 Å². The van der Waals surface area contributed by atoms with Crippen molar-refractivity contribution in [2.45, 2.75) is 39.0 Å². The summed E-state index contributed by atoms with van der Waals surface area (Å²) >= 11 is 0. The molecule has 1 amide bonds. The van der Waals surface area contributed by atoms with Crippen molar-refractivity contribution >= 4 is 23.0 Å². The molecule has 0 spiro atoms. The van der Waals surface area contributed by atoms with E-state index in [1.165, 1.54) is 40.0 Å². The first-order valence-corrected chi connectivity index (χ1v) is 12.5. The van der Waals surface area contributed by atoms with Crippen molar-refractivity contribution < 1.29 is 9.90 Å². The van der Waals surface area contributed by atoms with Crippen LogP contribution in [0.25, 0.3) is 0 Å². The molecule has 180 valence electrons. The first kappa shape index (κ1) is 23.2. The highest BCUT2D eigenvalue weighted by molar-refractivity contribution is 6.14. The second-order valence-corrected chi connectivity index (χ2v) is 10.3. The van der Waals surface area contributed by atoms with Gasteiger partial charge in [0, 0.05) is 49.5 Å². The monoisotopic (exact) mass is 467 g/mol. The van der Waals surface area contributed by atoms with Crippen LogP contribution in [0.4, 0.5) is 11.4 Å². The van der Waals surface area contributed by atoms with Crippen LogP contribution in [0.1, 0.15) is 65.4 Å². The van der Waals surface area contributed by atoms with Gasteiger partial charge in [-0.05, 0) is 78.9 Å². The van der Waals surface area contributed by atoms with Crippen LogP contribution >= 0.6 is 0 Å². The van der Waals surface area contributed by atoms with Gasteiger partial charge < -0.3 is 9.80 Å². The maximum absolute atomic E-state index is 12.9. The smallest absolute Gasteiger partial charge is 0.304 e. The highest BCUT2D eigenvalue weighted by atomic mass is 16.2. The van der Waals surface area contributed by atoms with Crippen LogP contribution in [-0.4, -0.2) is 38.8 Å². The number of carbonyl (C=O) groups is 1. The van der Waals surface area contributed by atoms with Crippen molar-refractivity contribution in [3.8, 4) is 0 Å². The molecule has 2 N–H and O–H groups in total. The molecule has 5 heteroatoms. The summed E-state index contributed by atoms with van der Waals surface area (Å²) in [6.07, 6.45) is 2.24. The SMILES string of the molecule is CCN1CCCc2cc3c(cc21)C(C)(C)c1cc(N(C)C)ccc1/C3=[NH+]/NC(=O)c1ccccc1. The molecule has 1 aliphatic carbocycles. The summed E-state index contributed by atoms with van der Waals surface area (Å²) in [5, 5.41) is 3.34. The molecule has 35 heavy (non-hydrogen) atoms. The van der Waals surface area contributed by atoms with Crippen LogP contribution in [0.2, 0.25) is 0 Å². The van der Waals surface area contributed by atoms with Crippen LogP contribution in [-0.2, 0) is 11.8 Å². The Morgan fingerprint density at radius 2 is 1.77 bits per heavy atom. The van der Waals surface area contributed by atoms with E-state index in [1.807, 2.05) is 30.3 Å². The summed E-state index contributed by atoms with van der Waals surface area (Å²) in [7, 11) is 4.15. The number of aryl methyl sites for hydroxylation is 1. The number of hydrazine groups is 1. The number of nitrogens with one attached hydrogen (secondary N) is 2. The number of amides is 1. The normalized spacial score (nSPS) is 16.8. The largest absolute Gasteiger partial charge is 0.378 e. The number of nitrogens with zero attached hydrogens (tertiary/aromatic N) is 2. The predicted octanol–water partition coefficient (Wildman–Crippen LogP) is 3.43. The molecule has 3 aromatic carbocycles. The van der Waals surface area contributed by atoms with E-state index in [1.54, 1.807) is 0 Å². The molecule has 1 aliphatic heterocycles. The van der Waals surface area contributed by atoms with Gasteiger partial charge in [-0.25, -0.2) is 0 Å². The Kier molecular flexibility index (Phi) is 5.87. The predicted molar refractivity (Wildman–Crippen MR) is 144 cm³/mol. The standard InChI is InChI=1S/C30H34N4O/c1-6-34-16-10-13-21-17-24-26(19-27(21)34)30(2,3)25-18-22(33(4)5)14-15-23(25)28(24)31-32-29(35)20-11-8-7-9-12-20/h7-9,11-12,14-15,17-19H,6,10,13,16H2,1-5H3,(H,32,35)/p+1/b31-28-. The molecule has 0 radical (unpaired) electrons. The van der Waals surface area contributed by atoms with Gasteiger partial charge in [-0.3, -0.25) is 4.79 Å².